The summed E-state index contributed by atoms with van der Waals surface area (Å²) in [4.78, 5) is 12.3. The van der Waals surface area contributed by atoms with E-state index in [1.807, 2.05) is 6.92 Å². The Balaban J connectivity index is 2.24. The van der Waals surface area contributed by atoms with Crippen LogP contribution >= 0.6 is 15.9 Å². The summed E-state index contributed by atoms with van der Waals surface area (Å²) in [6.45, 7) is 1.82. The summed E-state index contributed by atoms with van der Waals surface area (Å²) in [6, 6.07) is 9.06. The molecule has 0 radical (unpaired) electrons. The van der Waals surface area contributed by atoms with Gasteiger partial charge in [0, 0.05) is 15.6 Å². The van der Waals surface area contributed by atoms with Crippen molar-refractivity contribution in [2.75, 3.05) is 14.2 Å². The molecule has 2 rings (SSSR count). The van der Waals surface area contributed by atoms with Gasteiger partial charge in [-0.2, -0.15) is 0 Å². The summed E-state index contributed by atoms with van der Waals surface area (Å²) in [6.07, 6.45) is 0. The van der Waals surface area contributed by atoms with Gasteiger partial charge in [0.05, 0.1) is 20.3 Å². The maximum atomic E-state index is 13.4. The van der Waals surface area contributed by atoms with Gasteiger partial charge >= 0.3 is 0 Å². The lowest BCUT2D eigenvalue weighted by atomic mass is 10.1. The summed E-state index contributed by atoms with van der Waals surface area (Å²) in [5.41, 5.74) is 1.02. The Hall–Kier alpha value is -2.08. The Kier molecular flexibility index (Phi) is 5.60. The lowest BCUT2D eigenvalue weighted by Gasteiger charge is -2.18. The monoisotopic (exact) mass is 381 g/mol. The van der Waals surface area contributed by atoms with Crippen molar-refractivity contribution < 1.29 is 18.7 Å². The highest BCUT2D eigenvalue weighted by molar-refractivity contribution is 9.10. The number of amides is 1. The predicted octanol–water partition coefficient (Wildman–Crippen LogP) is 4.10. The number of carbonyl (C=O) groups excluding carboxylic acids is 1. The Morgan fingerprint density at radius 1 is 1.17 bits per heavy atom. The van der Waals surface area contributed by atoms with Crippen LogP contribution in [0.1, 0.15) is 28.9 Å². The molecule has 0 aliphatic heterocycles. The molecule has 0 fully saturated rings. The first-order valence-electron chi connectivity index (χ1n) is 6.93. The highest BCUT2D eigenvalue weighted by atomic mass is 79.9. The van der Waals surface area contributed by atoms with Crippen LogP contribution in [0.5, 0.6) is 11.5 Å². The van der Waals surface area contributed by atoms with Gasteiger partial charge in [0.15, 0.2) is 0 Å². The normalized spacial score (nSPS) is 11.7. The summed E-state index contributed by atoms with van der Waals surface area (Å²) in [5.74, 6) is 0.452. The molecule has 23 heavy (non-hydrogen) atoms. The summed E-state index contributed by atoms with van der Waals surface area (Å²) in [5, 5.41) is 2.83. The van der Waals surface area contributed by atoms with Crippen molar-refractivity contribution >= 4 is 21.8 Å². The van der Waals surface area contributed by atoms with Crippen molar-refractivity contribution in [2.24, 2.45) is 0 Å². The molecule has 0 spiro atoms. The average molecular weight is 382 g/mol. The van der Waals surface area contributed by atoms with E-state index in [2.05, 4.69) is 21.2 Å². The summed E-state index contributed by atoms with van der Waals surface area (Å²) in [7, 11) is 3.13. The molecular weight excluding hydrogens is 365 g/mol. The number of hydrogen-bond acceptors (Lipinski definition) is 3. The van der Waals surface area contributed by atoms with E-state index in [1.165, 1.54) is 12.1 Å². The Morgan fingerprint density at radius 3 is 2.52 bits per heavy atom. The van der Waals surface area contributed by atoms with Crippen molar-refractivity contribution in [3.63, 3.8) is 0 Å². The lowest BCUT2D eigenvalue weighted by molar-refractivity contribution is 0.0939. The molecule has 0 aromatic heterocycles. The third kappa shape index (κ3) is 4.22. The number of methoxy groups -OCH3 is 2. The summed E-state index contributed by atoms with van der Waals surface area (Å²) >= 11 is 3.18. The standard InChI is InChI=1S/C17H17BrFNO3/c1-10(15-9-14(22-2)4-5-16(15)23-3)20-17(21)11-6-12(18)8-13(19)7-11/h4-10H,1-3H3,(H,20,21). The van der Waals surface area contributed by atoms with Crippen LogP contribution in [-0.4, -0.2) is 20.1 Å². The number of carbonyl (C=O) groups is 1. The second-order valence-corrected chi connectivity index (χ2v) is 5.88. The second-order valence-electron chi connectivity index (χ2n) is 4.96. The van der Waals surface area contributed by atoms with E-state index in [0.29, 0.717) is 16.0 Å². The van der Waals surface area contributed by atoms with Crippen LogP contribution in [-0.2, 0) is 0 Å². The van der Waals surface area contributed by atoms with Gasteiger partial charge in [-0.15, -0.1) is 0 Å². The minimum atomic E-state index is -0.476. The molecule has 4 nitrogen and oxygen atoms in total. The fourth-order valence-corrected chi connectivity index (χ4v) is 2.69. The first-order valence-corrected chi connectivity index (χ1v) is 7.72. The van der Waals surface area contributed by atoms with Crippen LogP contribution in [0.3, 0.4) is 0 Å². The highest BCUT2D eigenvalue weighted by Gasteiger charge is 2.17. The Bertz CT molecular complexity index is 701. The van der Waals surface area contributed by atoms with Gasteiger partial charge in [0.1, 0.15) is 17.3 Å². The van der Waals surface area contributed by atoms with E-state index in [9.17, 15) is 9.18 Å². The van der Waals surface area contributed by atoms with Gasteiger partial charge in [0.2, 0.25) is 0 Å². The quantitative estimate of drug-likeness (QED) is 0.847. The minimum absolute atomic E-state index is 0.241. The molecule has 2 aromatic carbocycles. The third-order valence-corrected chi connectivity index (χ3v) is 3.83. The number of hydrogen-bond donors (Lipinski definition) is 1. The van der Waals surface area contributed by atoms with Crippen LogP contribution in [0.15, 0.2) is 40.9 Å². The molecule has 2 aromatic rings. The van der Waals surface area contributed by atoms with Crippen LogP contribution < -0.4 is 14.8 Å². The molecule has 0 saturated heterocycles. The number of nitrogens with one attached hydrogen (secondary N) is 1. The Labute approximate surface area is 142 Å². The van der Waals surface area contributed by atoms with E-state index >= 15 is 0 Å². The molecule has 0 bridgehead atoms. The molecule has 6 heteroatoms. The number of halogens is 2. The van der Waals surface area contributed by atoms with Crippen molar-refractivity contribution in [2.45, 2.75) is 13.0 Å². The molecule has 1 amide bonds. The number of rotatable bonds is 5. The highest BCUT2D eigenvalue weighted by Crippen LogP contribution is 2.29. The maximum Gasteiger partial charge on any atom is 0.251 e. The van der Waals surface area contributed by atoms with Crippen molar-refractivity contribution in [1.29, 1.82) is 0 Å². The summed E-state index contributed by atoms with van der Waals surface area (Å²) < 4.78 is 24.4. The van der Waals surface area contributed by atoms with Crippen molar-refractivity contribution in [3.8, 4) is 11.5 Å². The second kappa shape index (κ2) is 7.46. The van der Waals surface area contributed by atoms with Gasteiger partial charge in [-0.25, -0.2) is 4.39 Å². The SMILES string of the molecule is COc1ccc(OC)c(C(C)NC(=O)c2cc(F)cc(Br)c2)c1. The van der Waals surface area contributed by atoms with E-state index in [0.717, 1.165) is 5.56 Å². The first kappa shape index (κ1) is 17.3. The van der Waals surface area contributed by atoms with Crippen LogP contribution in [0, 0.1) is 5.82 Å². The zero-order chi connectivity index (χ0) is 17.0. The fraction of sp³-hybridized carbons (Fsp3) is 0.235. The van der Waals surface area contributed by atoms with Crippen LogP contribution in [0.25, 0.3) is 0 Å². The molecule has 0 saturated carbocycles. The Morgan fingerprint density at radius 2 is 1.91 bits per heavy atom. The zero-order valence-corrected chi connectivity index (χ0v) is 14.6. The average Bonchev–Trinajstić information content (AvgIpc) is 2.53. The first-order chi connectivity index (χ1) is 10.9. The minimum Gasteiger partial charge on any atom is -0.497 e. The molecule has 0 aliphatic rings. The predicted molar refractivity (Wildman–Crippen MR) is 89.5 cm³/mol. The largest absolute Gasteiger partial charge is 0.497 e. The van der Waals surface area contributed by atoms with E-state index in [1.54, 1.807) is 38.5 Å². The van der Waals surface area contributed by atoms with Gasteiger partial charge in [-0.3, -0.25) is 4.79 Å². The molecular formula is C17H17BrFNO3. The smallest absolute Gasteiger partial charge is 0.251 e. The van der Waals surface area contributed by atoms with E-state index < -0.39 is 5.82 Å². The zero-order valence-electron chi connectivity index (χ0n) is 13.0. The lowest BCUT2D eigenvalue weighted by Crippen LogP contribution is -2.27. The van der Waals surface area contributed by atoms with Crippen molar-refractivity contribution in [3.05, 3.63) is 57.8 Å². The van der Waals surface area contributed by atoms with Gasteiger partial charge in [0.25, 0.3) is 5.91 Å². The third-order valence-electron chi connectivity index (χ3n) is 3.38. The number of benzene rings is 2. The topological polar surface area (TPSA) is 47.6 Å². The molecule has 1 atom stereocenters. The van der Waals surface area contributed by atoms with Gasteiger partial charge in [-0.1, -0.05) is 15.9 Å². The number of ether oxygens (including phenoxy) is 2. The molecule has 1 N–H and O–H groups in total. The van der Waals surface area contributed by atoms with Gasteiger partial charge < -0.3 is 14.8 Å². The molecule has 0 aliphatic carbocycles. The maximum absolute atomic E-state index is 13.4. The van der Waals surface area contributed by atoms with E-state index in [4.69, 9.17) is 9.47 Å². The van der Waals surface area contributed by atoms with Crippen molar-refractivity contribution in [1.82, 2.24) is 5.32 Å². The molecule has 122 valence electrons. The van der Waals surface area contributed by atoms with Crippen LogP contribution in [0.4, 0.5) is 4.39 Å². The van der Waals surface area contributed by atoms with Crippen LogP contribution in [0.2, 0.25) is 0 Å². The van der Waals surface area contributed by atoms with Gasteiger partial charge in [-0.05, 0) is 43.3 Å². The fourth-order valence-electron chi connectivity index (χ4n) is 2.22. The molecule has 1 unspecified atom stereocenters. The molecule has 0 heterocycles. The van der Waals surface area contributed by atoms with E-state index in [-0.39, 0.29) is 17.5 Å².